The molecule has 1 heterocycles. The van der Waals surface area contributed by atoms with Crippen molar-refractivity contribution in [2.75, 3.05) is 31.1 Å². The van der Waals surface area contributed by atoms with Gasteiger partial charge in [0.15, 0.2) is 9.84 Å². The molecule has 1 saturated heterocycles. The summed E-state index contributed by atoms with van der Waals surface area (Å²) in [5.74, 6) is 0.507. The second kappa shape index (κ2) is 7.38. The summed E-state index contributed by atoms with van der Waals surface area (Å²) in [6, 6.07) is 11.2. The van der Waals surface area contributed by atoms with Crippen molar-refractivity contribution in [3.8, 4) is 0 Å². The first-order chi connectivity index (χ1) is 10.00. The van der Waals surface area contributed by atoms with Gasteiger partial charge in [-0.05, 0) is 18.9 Å². The number of nitrogens with zero attached hydrogens (tertiary/aromatic N) is 1. The van der Waals surface area contributed by atoms with E-state index in [2.05, 4.69) is 41.4 Å². The average Bonchev–Trinajstić information content (AvgIpc) is 2.49. The lowest BCUT2D eigenvalue weighted by atomic mass is 10.0. The normalized spacial score (nSPS) is 24.1. The highest BCUT2D eigenvalue weighted by molar-refractivity contribution is 7.91. The van der Waals surface area contributed by atoms with Crippen LogP contribution < -0.4 is 5.32 Å². The molecule has 0 aromatic heterocycles. The zero-order chi connectivity index (χ0) is 15.3. The minimum atomic E-state index is -2.88. The third-order valence-electron chi connectivity index (χ3n) is 4.23. The van der Waals surface area contributed by atoms with Crippen molar-refractivity contribution >= 4 is 9.84 Å². The summed E-state index contributed by atoms with van der Waals surface area (Å²) in [6.07, 6.45) is 0.991. The number of sulfone groups is 1. The number of hydrogen-bond donors (Lipinski definition) is 1. The zero-order valence-electron chi connectivity index (χ0n) is 13.0. The summed E-state index contributed by atoms with van der Waals surface area (Å²) in [6.45, 7) is 6.35. The molecule has 1 aromatic rings. The van der Waals surface area contributed by atoms with E-state index in [1.165, 1.54) is 5.56 Å². The second-order valence-electron chi connectivity index (χ2n) is 5.88. The van der Waals surface area contributed by atoms with E-state index in [9.17, 15) is 8.42 Å². The van der Waals surface area contributed by atoms with Gasteiger partial charge in [-0.1, -0.05) is 37.3 Å². The minimum Gasteiger partial charge on any atom is -0.311 e. The molecule has 2 atom stereocenters. The molecule has 4 nitrogen and oxygen atoms in total. The van der Waals surface area contributed by atoms with Crippen molar-refractivity contribution in [1.29, 1.82) is 0 Å². The Bertz CT molecular complexity index is 530. The van der Waals surface area contributed by atoms with Crippen molar-refractivity contribution in [2.45, 2.75) is 32.4 Å². The predicted molar refractivity (Wildman–Crippen MR) is 87.3 cm³/mol. The molecule has 1 fully saturated rings. The van der Waals surface area contributed by atoms with Crippen LogP contribution in [0.1, 0.15) is 19.4 Å². The molecule has 0 amide bonds. The molecule has 1 aromatic carbocycles. The lowest BCUT2D eigenvalue weighted by molar-refractivity contribution is 0.149. The maximum atomic E-state index is 11.7. The van der Waals surface area contributed by atoms with E-state index in [4.69, 9.17) is 0 Å². The highest BCUT2D eigenvalue weighted by Crippen LogP contribution is 2.11. The van der Waals surface area contributed by atoms with Crippen LogP contribution in [-0.4, -0.2) is 56.5 Å². The molecule has 1 aliphatic rings. The Balaban J connectivity index is 1.90. The zero-order valence-corrected chi connectivity index (χ0v) is 13.8. The Hall–Kier alpha value is -0.910. The topological polar surface area (TPSA) is 49.4 Å². The maximum absolute atomic E-state index is 11.7. The summed E-state index contributed by atoms with van der Waals surface area (Å²) in [5.41, 5.74) is 1.32. The fourth-order valence-corrected chi connectivity index (χ4v) is 3.54. The largest absolute Gasteiger partial charge is 0.311 e. The van der Waals surface area contributed by atoms with E-state index in [-0.39, 0.29) is 11.5 Å². The fourth-order valence-electron chi connectivity index (χ4n) is 2.74. The highest BCUT2D eigenvalue weighted by Gasteiger charge is 2.25. The summed E-state index contributed by atoms with van der Waals surface area (Å²) in [7, 11) is -2.88. The Labute approximate surface area is 128 Å². The van der Waals surface area contributed by atoms with Gasteiger partial charge in [0.2, 0.25) is 0 Å². The van der Waals surface area contributed by atoms with Gasteiger partial charge >= 0.3 is 0 Å². The van der Waals surface area contributed by atoms with Crippen LogP contribution >= 0.6 is 0 Å². The summed E-state index contributed by atoms with van der Waals surface area (Å²) in [5, 5.41) is 3.57. The van der Waals surface area contributed by atoms with Gasteiger partial charge in [0, 0.05) is 37.5 Å². The van der Waals surface area contributed by atoms with E-state index < -0.39 is 9.84 Å². The molecule has 118 valence electrons. The first-order valence-electron chi connectivity index (χ1n) is 7.72. The number of benzene rings is 1. The van der Waals surface area contributed by atoms with E-state index in [1.807, 2.05) is 6.07 Å². The molecule has 1 aliphatic heterocycles. The third kappa shape index (κ3) is 5.09. The number of nitrogens with one attached hydrogen (secondary N) is 1. The van der Waals surface area contributed by atoms with Gasteiger partial charge < -0.3 is 5.32 Å². The van der Waals surface area contributed by atoms with Gasteiger partial charge in [-0.3, -0.25) is 4.90 Å². The van der Waals surface area contributed by atoms with Gasteiger partial charge in [-0.2, -0.15) is 0 Å². The molecule has 2 unspecified atom stereocenters. The van der Waals surface area contributed by atoms with E-state index in [0.717, 1.165) is 19.5 Å². The summed E-state index contributed by atoms with van der Waals surface area (Å²) in [4.78, 5) is 2.30. The van der Waals surface area contributed by atoms with E-state index in [1.54, 1.807) is 6.92 Å². The lowest BCUT2D eigenvalue weighted by Crippen LogP contribution is -2.56. The number of rotatable bonds is 6. The molecular formula is C16H26N2O2S. The van der Waals surface area contributed by atoms with E-state index >= 15 is 0 Å². The average molecular weight is 310 g/mol. The van der Waals surface area contributed by atoms with Crippen molar-refractivity contribution in [3.63, 3.8) is 0 Å². The molecule has 0 radical (unpaired) electrons. The van der Waals surface area contributed by atoms with Crippen molar-refractivity contribution in [1.82, 2.24) is 10.2 Å². The Kier molecular flexibility index (Phi) is 5.79. The fraction of sp³-hybridized carbons (Fsp3) is 0.625. The number of hydrogen-bond acceptors (Lipinski definition) is 4. The van der Waals surface area contributed by atoms with Crippen LogP contribution in [0.2, 0.25) is 0 Å². The smallest absolute Gasteiger partial charge is 0.151 e. The maximum Gasteiger partial charge on any atom is 0.151 e. The SMILES string of the molecule is CCS(=O)(=O)CCN1CC(Cc2ccccc2)NCC1C. The molecule has 0 bridgehead atoms. The summed E-state index contributed by atoms with van der Waals surface area (Å²) < 4.78 is 23.4. The molecule has 1 N–H and O–H groups in total. The van der Waals surface area contributed by atoms with Gasteiger partial charge in [-0.25, -0.2) is 8.42 Å². The van der Waals surface area contributed by atoms with Crippen LogP contribution in [-0.2, 0) is 16.3 Å². The van der Waals surface area contributed by atoms with E-state index in [0.29, 0.717) is 18.6 Å². The van der Waals surface area contributed by atoms with Crippen LogP contribution in [0.4, 0.5) is 0 Å². The highest BCUT2D eigenvalue weighted by atomic mass is 32.2. The molecule has 21 heavy (non-hydrogen) atoms. The van der Waals surface area contributed by atoms with Crippen molar-refractivity contribution < 1.29 is 8.42 Å². The monoisotopic (exact) mass is 310 g/mol. The molecule has 2 rings (SSSR count). The van der Waals surface area contributed by atoms with Crippen molar-refractivity contribution in [2.24, 2.45) is 0 Å². The van der Waals surface area contributed by atoms with Crippen LogP contribution in [0.25, 0.3) is 0 Å². The van der Waals surface area contributed by atoms with Crippen LogP contribution in [0.5, 0.6) is 0 Å². The van der Waals surface area contributed by atoms with Gasteiger partial charge in [-0.15, -0.1) is 0 Å². The summed E-state index contributed by atoms with van der Waals surface area (Å²) >= 11 is 0. The molecule has 0 aliphatic carbocycles. The number of piperazine rings is 1. The molecule has 0 spiro atoms. The van der Waals surface area contributed by atoms with Gasteiger partial charge in [0.05, 0.1) is 5.75 Å². The van der Waals surface area contributed by atoms with Crippen LogP contribution in [0.3, 0.4) is 0 Å². The quantitative estimate of drug-likeness (QED) is 0.861. The Morgan fingerprint density at radius 1 is 1.29 bits per heavy atom. The predicted octanol–water partition coefficient (Wildman–Crippen LogP) is 1.33. The molecule has 5 heteroatoms. The van der Waals surface area contributed by atoms with Gasteiger partial charge in [0.1, 0.15) is 0 Å². The standard InChI is InChI=1S/C16H26N2O2S/c1-3-21(19,20)10-9-18-13-16(17-12-14(18)2)11-15-7-5-4-6-8-15/h4-8,14,16-17H,3,9-13H2,1-2H3. The third-order valence-corrected chi connectivity index (χ3v) is 5.92. The first kappa shape index (κ1) is 16.5. The second-order valence-corrected chi connectivity index (χ2v) is 8.35. The Morgan fingerprint density at radius 3 is 2.67 bits per heavy atom. The minimum absolute atomic E-state index is 0.237. The van der Waals surface area contributed by atoms with Crippen molar-refractivity contribution in [3.05, 3.63) is 35.9 Å². The molecule has 0 saturated carbocycles. The van der Waals surface area contributed by atoms with Crippen LogP contribution in [0, 0.1) is 0 Å². The Morgan fingerprint density at radius 2 is 2.00 bits per heavy atom. The van der Waals surface area contributed by atoms with Crippen LogP contribution in [0.15, 0.2) is 30.3 Å². The lowest BCUT2D eigenvalue weighted by Gasteiger charge is -2.38. The first-order valence-corrected chi connectivity index (χ1v) is 9.54. The molecular weight excluding hydrogens is 284 g/mol. The van der Waals surface area contributed by atoms with Gasteiger partial charge in [0.25, 0.3) is 0 Å².